The summed E-state index contributed by atoms with van der Waals surface area (Å²) in [5, 5.41) is 8.13. The minimum Gasteiger partial charge on any atom is -0.381 e. The van der Waals surface area contributed by atoms with Crippen molar-refractivity contribution < 1.29 is 0 Å². The monoisotopic (exact) mass is 347 g/mol. The van der Waals surface area contributed by atoms with Gasteiger partial charge in [-0.1, -0.05) is 58.0 Å². The Morgan fingerprint density at radius 2 is 1.58 bits per heavy atom. The van der Waals surface area contributed by atoms with Gasteiger partial charge < -0.3 is 5.32 Å². The molecule has 0 aliphatic rings. The summed E-state index contributed by atoms with van der Waals surface area (Å²) in [4.78, 5) is 0. The van der Waals surface area contributed by atoms with Gasteiger partial charge in [-0.05, 0) is 53.6 Å². The van der Waals surface area contributed by atoms with Crippen molar-refractivity contribution in [1.82, 2.24) is 9.78 Å². The highest BCUT2D eigenvalue weighted by Gasteiger charge is 2.13. The third-order valence-electron chi connectivity index (χ3n) is 4.83. The number of aromatic nitrogens is 2. The fourth-order valence-electron chi connectivity index (χ4n) is 3.38. The third kappa shape index (κ3) is 3.82. The molecule has 0 fully saturated rings. The molecule has 3 aromatic rings. The number of benzene rings is 2. The number of nitrogens with one attached hydrogen (secondary N) is 1. The lowest BCUT2D eigenvalue weighted by atomic mass is 9.92. The zero-order valence-electron chi connectivity index (χ0n) is 16.5. The van der Waals surface area contributed by atoms with E-state index in [4.69, 9.17) is 0 Å². The summed E-state index contributed by atoms with van der Waals surface area (Å²) in [6.07, 6.45) is 1.84. The van der Waals surface area contributed by atoms with Crippen molar-refractivity contribution in [1.29, 1.82) is 0 Å². The number of para-hydroxylation sites is 1. The first-order chi connectivity index (χ1) is 12.5. The SMILES string of the molecule is Cc1ccnn1-c1cccc(CNc2c(C(C)C)cccc2C(C)C)c1. The Morgan fingerprint density at radius 3 is 2.15 bits per heavy atom. The highest BCUT2D eigenvalue weighted by Crippen LogP contribution is 2.32. The Hall–Kier alpha value is -2.55. The van der Waals surface area contributed by atoms with Gasteiger partial charge in [0.2, 0.25) is 0 Å². The number of nitrogens with zero attached hydrogens (tertiary/aromatic N) is 2. The van der Waals surface area contributed by atoms with Gasteiger partial charge in [0, 0.05) is 24.1 Å². The molecule has 0 aliphatic heterocycles. The van der Waals surface area contributed by atoms with Gasteiger partial charge >= 0.3 is 0 Å². The Balaban J connectivity index is 1.87. The van der Waals surface area contributed by atoms with Crippen LogP contribution in [0.2, 0.25) is 0 Å². The second-order valence-electron chi connectivity index (χ2n) is 7.53. The number of anilines is 1. The van der Waals surface area contributed by atoms with Gasteiger partial charge in [0.15, 0.2) is 0 Å². The van der Waals surface area contributed by atoms with Crippen LogP contribution in [0.25, 0.3) is 5.69 Å². The molecule has 0 saturated carbocycles. The summed E-state index contributed by atoms with van der Waals surface area (Å²) < 4.78 is 1.98. The quantitative estimate of drug-likeness (QED) is 0.589. The van der Waals surface area contributed by atoms with E-state index in [-0.39, 0.29) is 0 Å². The van der Waals surface area contributed by atoms with E-state index >= 15 is 0 Å². The molecule has 136 valence electrons. The minimum atomic E-state index is 0.495. The molecule has 0 aliphatic carbocycles. The smallest absolute Gasteiger partial charge is 0.0652 e. The molecule has 26 heavy (non-hydrogen) atoms. The van der Waals surface area contributed by atoms with E-state index in [9.17, 15) is 0 Å². The van der Waals surface area contributed by atoms with Crippen LogP contribution in [0.15, 0.2) is 54.7 Å². The van der Waals surface area contributed by atoms with E-state index in [0.29, 0.717) is 11.8 Å². The molecule has 3 nitrogen and oxygen atoms in total. The zero-order chi connectivity index (χ0) is 18.7. The first-order valence-electron chi connectivity index (χ1n) is 9.44. The lowest BCUT2D eigenvalue weighted by molar-refractivity contribution is 0.831. The molecule has 1 heterocycles. The molecular weight excluding hydrogens is 318 g/mol. The topological polar surface area (TPSA) is 29.9 Å². The van der Waals surface area contributed by atoms with Crippen molar-refractivity contribution in [3.05, 3.63) is 77.1 Å². The van der Waals surface area contributed by atoms with E-state index in [1.807, 2.05) is 16.9 Å². The van der Waals surface area contributed by atoms with Crippen LogP contribution in [-0.4, -0.2) is 9.78 Å². The van der Waals surface area contributed by atoms with Crippen molar-refractivity contribution in [2.45, 2.75) is 53.0 Å². The normalized spacial score (nSPS) is 11.3. The number of hydrogen-bond acceptors (Lipinski definition) is 2. The first kappa shape index (κ1) is 18.2. The van der Waals surface area contributed by atoms with Crippen LogP contribution < -0.4 is 5.32 Å². The lowest BCUT2D eigenvalue weighted by Crippen LogP contribution is -2.08. The fraction of sp³-hybridized carbons (Fsp3) is 0.348. The van der Waals surface area contributed by atoms with Crippen molar-refractivity contribution in [2.75, 3.05) is 5.32 Å². The Morgan fingerprint density at radius 1 is 0.923 bits per heavy atom. The average molecular weight is 348 g/mol. The molecule has 1 N–H and O–H groups in total. The zero-order valence-corrected chi connectivity index (χ0v) is 16.5. The van der Waals surface area contributed by atoms with Gasteiger partial charge in [-0.3, -0.25) is 0 Å². The summed E-state index contributed by atoms with van der Waals surface area (Å²) in [6.45, 7) is 11.9. The van der Waals surface area contributed by atoms with E-state index < -0.39 is 0 Å². The molecule has 3 rings (SSSR count). The van der Waals surface area contributed by atoms with Crippen LogP contribution in [0.4, 0.5) is 5.69 Å². The molecule has 0 spiro atoms. The number of rotatable bonds is 6. The highest BCUT2D eigenvalue weighted by molar-refractivity contribution is 5.60. The molecule has 0 amide bonds. The Kier molecular flexibility index (Phi) is 5.46. The summed E-state index contributed by atoms with van der Waals surface area (Å²) in [5.41, 5.74) is 7.56. The summed E-state index contributed by atoms with van der Waals surface area (Å²) in [5.74, 6) is 0.989. The summed E-state index contributed by atoms with van der Waals surface area (Å²) in [7, 11) is 0. The van der Waals surface area contributed by atoms with Crippen LogP contribution in [0.3, 0.4) is 0 Å². The van der Waals surface area contributed by atoms with Gasteiger partial charge in [-0.25, -0.2) is 4.68 Å². The maximum atomic E-state index is 4.42. The van der Waals surface area contributed by atoms with E-state index in [2.05, 4.69) is 87.5 Å². The Labute approximate surface area is 157 Å². The molecule has 0 atom stereocenters. The van der Waals surface area contributed by atoms with Crippen molar-refractivity contribution in [2.24, 2.45) is 0 Å². The molecule has 0 radical (unpaired) electrons. The molecule has 2 aromatic carbocycles. The second kappa shape index (κ2) is 7.77. The van der Waals surface area contributed by atoms with E-state index in [1.165, 1.54) is 22.4 Å². The molecular formula is C23H29N3. The largest absolute Gasteiger partial charge is 0.381 e. The summed E-state index contributed by atoms with van der Waals surface area (Å²) in [6, 6.07) is 17.3. The van der Waals surface area contributed by atoms with Crippen molar-refractivity contribution in [3.8, 4) is 5.69 Å². The molecule has 0 saturated heterocycles. The van der Waals surface area contributed by atoms with Crippen LogP contribution in [0.5, 0.6) is 0 Å². The molecule has 3 heteroatoms. The Bertz CT molecular complexity index is 848. The van der Waals surface area contributed by atoms with E-state index in [0.717, 1.165) is 17.9 Å². The standard InChI is InChI=1S/C23H29N3/c1-16(2)21-10-7-11-22(17(3)4)23(21)24-15-19-8-6-9-20(14-19)26-18(5)12-13-25-26/h6-14,16-17,24H,15H2,1-5H3. The molecule has 0 unspecified atom stereocenters. The van der Waals surface area contributed by atoms with Gasteiger partial charge in [0.1, 0.15) is 0 Å². The van der Waals surface area contributed by atoms with Crippen LogP contribution in [0, 0.1) is 6.92 Å². The fourth-order valence-corrected chi connectivity index (χ4v) is 3.38. The maximum Gasteiger partial charge on any atom is 0.0652 e. The van der Waals surface area contributed by atoms with Crippen LogP contribution in [0.1, 0.15) is 61.9 Å². The van der Waals surface area contributed by atoms with Crippen molar-refractivity contribution in [3.63, 3.8) is 0 Å². The summed E-state index contributed by atoms with van der Waals surface area (Å²) >= 11 is 0. The minimum absolute atomic E-state index is 0.495. The second-order valence-corrected chi connectivity index (χ2v) is 7.53. The highest BCUT2D eigenvalue weighted by atomic mass is 15.3. The lowest BCUT2D eigenvalue weighted by Gasteiger charge is -2.21. The maximum absolute atomic E-state index is 4.42. The van der Waals surface area contributed by atoms with E-state index in [1.54, 1.807) is 0 Å². The molecule has 0 bridgehead atoms. The molecule has 1 aromatic heterocycles. The average Bonchev–Trinajstić information content (AvgIpc) is 3.05. The number of hydrogen-bond donors (Lipinski definition) is 1. The van der Waals surface area contributed by atoms with Crippen molar-refractivity contribution >= 4 is 5.69 Å². The van der Waals surface area contributed by atoms with Gasteiger partial charge in [0.25, 0.3) is 0 Å². The van der Waals surface area contributed by atoms with Crippen LogP contribution >= 0.6 is 0 Å². The van der Waals surface area contributed by atoms with Gasteiger partial charge in [-0.15, -0.1) is 0 Å². The van der Waals surface area contributed by atoms with Crippen LogP contribution in [-0.2, 0) is 6.54 Å². The predicted octanol–water partition coefficient (Wildman–Crippen LogP) is 6.04. The predicted molar refractivity (Wildman–Crippen MR) is 110 cm³/mol. The number of aryl methyl sites for hydroxylation is 1. The van der Waals surface area contributed by atoms with Gasteiger partial charge in [-0.2, -0.15) is 5.10 Å². The van der Waals surface area contributed by atoms with Gasteiger partial charge in [0.05, 0.1) is 5.69 Å². The third-order valence-corrected chi connectivity index (χ3v) is 4.83. The first-order valence-corrected chi connectivity index (χ1v) is 9.44.